The lowest BCUT2D eigenvalue weighted by molar-refractivity contribution is -0.192. The summed E-state index contributed by atoms with van der Waals surface area (Å²) in [7, 11) is 0. The number of hydrogen-bond donors (Lipinski definition) is 1. The van der Waals surface area contributed by atoms with Gasteiger partial charge < -0.3 is 19.6 Å². The second kappa shape index (κ2) is 10.7. The third kappa shape index (κ3) is 6.99. The van der Waals surface area contributed by atoms with Gasteiger partial charge in [-0.15, -0.1) is 0 Å². The second-order valence-corrected chi connectivity index (χ2v) is 10.2. The normalized spacial score (nSPS) is 30.3. The van der Waals surface area contributed by atoms with Gasteiger partial charge in [-0.25, -0.2) is 4.79 Å². The Bertz CT molecular complexity index is 624. The first kappa shape index (κ1) is 24.6. The van der Waals surface area contributed by atoms with E-state index in [1.807, 2.05) is 11.8 Å². The maximum Gasteiger partial charge on any atom is 0.490 e. The van der Waals surface area contributed by atoms with Gasteiger partial charge in [0, 0.05) is 25.6 Å². The molecule has 1 amide bonds. The topological polar surface area (TPSA) is 70.1 Å². The predicted molar refractivity (Wildman–Crippen MR) is 112 cm³/mol. The molecule has 4 heterocycles. The van der Waals surface area contributed by atoms with Gasteiger partial charge in [0.1, 0.15) is 0 Å². The van der Waals surface area contributed by atoms with Crippen LogP contribution in [-0.4, -0.2) is 88.9 Å². The van der Waals surface area contributed by atoms with Crippen molar-refractivity contribution in [2.24, 2.45) is 5.92 Å². The molecule has 0 saturated carbocycles. The number of nitrogens with zero attached hydrogens (tertiary/aromatic N) is 2. The van der Waals surface area contributed by atoms with E-state index in [1.165, 1.54) is 38.8 Å². The van der Waals surface area contributed by atoms with Crippen LogP contribution >= 0.6 is 11.8 Å². The number of alkyl halides is 3. The smallest absolute Gasteiger partial charge is 0.475 e. The van der Waals surface area contributed by atoms with E-state index in [9.17, 15) is 18.0 Å². The lowest BCUT2D eigenvalue weighted by Gasteiger charge is -2.40. The number of carbonyl (C=O) groups is 2. The molecule has 4 rings (SSSR count). The van der Waals surface area contributed by atoms with Crippen LogP contribution in [0.4, 0.5) is 13.2 Å². The van der Waals surface area contributed by atoms with Crippen LogP contribution in [-0.2, 0) is 14.3 Å². The van der Waals surface area contributed by atoms with Crippen LogP contribution in [0.1, 0.15) is 51.4 Å². The molecule has 10 heteroatoms. The summed E-state index contributed by atoms with van der Waals surface area (Å²) in [6.45, 7) is 5.37. The van der Waals surface area contributed by atoms with E-state index in [2.05, 4.69) is 9.80 Å². The minimum Gasteiger partial charge on any atom is -0.475 e. The summed E-state index contributed by atoms with van der Waals surface area (Å²) < 4.78 is 38.4. The summed E-state index contributed by atoms with van der Waals surface area (Å²) in [5.74, 6) is 0.253. The first-order valence-corrected chi connectivity index (χ1v) is 12.4. The predicted octanol–water partition coefficient (Wildman–Crippen LogP) is 3.40. The number of carboxylic acid groups (broad SMARTS) is 1. The molecule has 178 valence electrons. The first-order chi connectivity index (χ1) is 14.7. The number of aliphatic carboxylic acids is 1. The average molecular weight is 467 g/mol. The first-order valence-electron chi connectivity index (χ1n) is 11.3. The van der Waals surface area contributed by atoms with E-state index >= 15 is 0 Å². The van der Waals surface area contributed by atoms with E-state index in [0.29, 0.717) is 12.0 Å². The van der Waals surface area contributed by atoms with Crippen molar-refractivity contribution in [2.75, 3.05) is 44.2 Å². The number of halogens is 3. The highest BCUT2D eigenvalue weighted by Crippen LogP contribution is 2.38. The summed E-state index contributed by atoms with van der Waals surface area (Å²) >= 11 is 2.00. The van der Waals surface area contributed by atoms with Gasteiger partial charge >= 0.3 is 12.1 Å². The van der Waals surface area contributed by atoms with Gasteiger partial charge in [0.05, 0.1) is 11.7 Å². The SMILES string of the molecule is O=C(C1CCSCC1)N1CC[C@]2(CCC[C@@H](CN3CCCC3)O2)C1.O=C(O)C(F)(F)F. The van der Waals surface area contributed by atoms with Crippen LogP contribution in [0.15, 0.2) is 0 Å². The van der Waals surface area contributed by atoms with Crippen LogP contribution in [0.5, 0.6) is 0 Å². The van der Waals surface area contributed by atoms with E-state index in [-0.39, 0.29) is 11.5 Å². The minimum atomic E-state index is -5.08. The molecule has 4 fully saturated rings. The number of thioether (sulfide) groups is 1. The quantitative estimate of drug-likeness (QED) is 0.688. The van der Waals surface area contributed by atoms with Crippen molar-refractivity contribution in [1.29, 1.82) is 0 Å². The zero-order valence-corrected chi connectivity index (χ0v) is 18.7. The molecule has 4 aliphatic rings. The molecule has 0 radical (unpaired) electrons. The highest BCUT2D eigenvalue weighted by molar-refractivity contribution is 7.99. The number of ether oxygens (including phenoxy) is 1. The molecule has 0 unspecified atom stereocenters. The fourth-order valence-corrected chi connectivity index (χ4v) is 6.15. The molecular formula is C21H33F3N2O4S. The van der Waals surface area contributed by atoms with E-state index in [4.69, 9.17) is 14.6 Å². The van der Waals surface area contributed by atoms with Crippen LogP contribution in [0.2, 0.25) is 0 Å². The van der Waals surface area contributed by atoms with Gasteiger partial charge in [-0.2, -0.15) is 24.9 Å². The zero-order chi connectivity index (χ0) is 22.5. The van der Waals surface area contributed by atoms with E-state index in [0.717, 1.165) is 56.8 Å². The number of carboxylic acids is 1. The van der Waals surface area contributed by atoms with Gasteiger partial charge in [-0.3, -0.25) is 4.79 Å². The van der Waals surface area contributed by atoms with Crippen molar-refractivity contribution in [3.05, 3.63) is 0 Å². The third-order valence-electron chi connectivity index (χ3n) is 6.68. The molecule has 1 spiro atoms. The van der Waals surface area contributed by atoms with Gasteiger partial charge in [0.25, 0.3) is 0 Å². The molecule has 0 aromatic carbocycles. The standard InChI is InChI=1S/C19H32N2O2S.C2HF3O2/c22-18(16-5-12-24-13-6-16)21-11-8-19(15-21)7-3-4-17(23-19)14-20-9-1-2-10-20;3-2(4,5)1(6)7/h16-17H,1-15H2;(H,6,7)/t17-,19+;/m0./s1. The van der Waals surface area contributed by atoms with Crippen molar-refractivity contribution in [1.82, 2.24) is 9.80 Å². The highest BCUT2D eigenvalue weighted by atomic mass is 32.2. The molecular weight excluding hydrogens is 433 g/mol. The average Bonchev–Trinajstić information content (AvgIpc) is 3.38. The molecule has 31 heavy (non-hydrogen) atoms. The van der Waals surface area contributed by atoms with Crippen molar-refractivity contribution in [3.8, 4) is 0 Å². The van der Waals surface area contributed by atoms with Crippen LogP contribution in [0.3, 0.4) is 0 Å². The van der Waals surface area contributed by atoms with Crippen molar-refractivity contribution < 1.29 is 32.6 Å². The van der Waals surface area contributed by atoms with Gasteiger partial charge in [0.2, 0.25) is 5.91 Å². The highest BCUT2D eigenvalue weighted by Gasteiger charge is 2.45. The molecule has 0 aliphatic carbocycles. The molecule has 0 aromatic heterocycles. The number of likely N-dealkylation sites (tertiary alicyclic amines) is 2. The lowest BCUT2D eigenvalue weighted by Crippen LogP contribution is -2.47. The largest absolute Gasteiger partial charge is 0.490 e. The van der Waals surface area contributed by atoms with E-state index in [1.54, 1.807) is 0 Å². The van der Waals surface area contributed by atoms with Crippen molar-refractivity contribution >= 4 is 23.6 Å². The van der Waals surface area contributed by atoms with E-state index < -0.39 is 12.1 Å². The fraction of sp³-hybridized carbons (Fsp3) is 0.905. The fourth-order valence-electron chi connectivity index (χ4n) is 5.04. The van der Waals surface area contributed by atoms with Crippen LogP contribution < -0.4 is 0 Å². The Hall–Kier alpha value is -1.00. The maximum atomic E-state index is 12.8. The zero-order valence-electron chi connectivity index (χ0n) is 17.9. The summed E-state index contributed by atoms with van der Waals surface area (Å²) in [6, 6.07) is 0. The lowest BCUT2D eigenvalue weighted by atomic mass is 9.90. The Balaban J connectivity index is 0.000000339. The summed E-state index contributed by atoms with van der Waals surface area (Å²) in [5, 5.41) is 7.12. The summed E-state index contributed by atoms with van der Waals surface area (Å²) in [5.41, 5.74) is -0.0261. The monoisotopic (exact) mass is 466 g/mol. The van der Waals surface area contributed by atoms with Crippen molar-refractivity contribution in [2.45, 2.75) is 69.2 Å². The van der Waals surface area contributed by atoms with Crippen LogP contribution in [0.25, 0.3) is 0 Å². The molecule has 2 atom stereocenters. The summed E-state index contributed by atoms with van der Waals surface area (Å²) in [4.78, 5) is 26.4. The molecule has 6 nitrogen and oxygen atoms in total. The Labute approximate surface area is 185 Å². The molecule has 1 N–H and O–H groups in total. The molecule has 4 saturated heterocycles. The minimum absolute atomic E-state index is 0.0261. The van der Waals surface area contributed by atoms with Gasteiger partial charge in [-0.1, -0.05) is 0 Å². The maximum absolute atomic E-state index is 12.8. The van der Waals surface area contributed by atoms with Crippen molar-refractivity contribution in [3.63, 3.8) is 0 Å². The Morgan fingerprint density at radius 3 is 2.29 bits per heavy atom. The third-order valence-corrected chi connectivity index (χ3v) is 7.73. The summed E-state index contributed by atoms with van der Waals surface area (Å²) in [6.07, 6.45) is 4.81. The van der Waals surface area contributed by atoms with Gasteiger partial charge in [-0.05, 0) is 76.0 Å². The Morgan fingerprint density at radius 2 is 1.68 bits per heavy atom. The number of amides is 1. The Morgan fingerprint density at radius 1 is 1.03 bits per heavy atom. The van der Waals surface area contributed by atoms with Gasteiger partial charge in [0.15, 0.2) is 0 Å². The molecule has 0 aromatic rings. The Kier molecular flexibility index (Phi) is 8.54. The van der Waals surface area contributed by atoms with Crippen LogP contribution in [0, 0.1) is 5.92 Å². The molecule has 4 aliphatic heterocycles. The molecule has 0 bridgehead atoms. The number of hydrogen-bond acceptors (Lipinski definition) is 5. The second-order valence-electron chi connectivity index (χ2n) is 9.02. The number of carbonyl (C=O) groups excluding carboxylic acids is 1. The number of rotatable bonds is 3.